The van der Waals surface area contributed by atoms with E-state index >= 15 is 0 Å². The average Bonchev–Trinajstić information content (AvgIpc) is 2.44. The first-order valence-corrected chi connectivity index (χ1v) is 8.60. The van der Waals surface area contributed by atoms with E-state index in [9.17, 15) is 0 Å². The van der Waals surface area contributed by atoms with Crippen molar-refractivity contribution in [1.29, 1.82) is 0 Å². The third-order valence-corrected chi connectivity index (χ3v) is 5.48. The Hall–Kier alpha value is -0.810. The molecule has 0 amide bonds. The van der Waals surface area contributed by atoms with Crippen molar-refractivity contribution in [2.24, 2.45) is 28.6 Å². The zero-order valence-electron chi connectivity index (χ0n) is 13.2. The van der Waals surface area contributed by atoms with Crippen molar-refractivity contribution in [3.63, 3.8) is 0 Å². The van der Waals surface area contributed by atoms with Gasteiger partial charge in [-0.1, -0.05) is 0 Å². The van der Waals surface area contributed by atoms with Gasteiger partial charge in [-0.2, -0.15) is 0 Å². The van der Waals surface area contributed by atoms with Gasteiger partial charge in [-0.25, -0.2) is 5.84 Å². The fraction of sp³-hybridized carbons (Fsp3) is 0.938. The summed E-state index contributed by atoms with van der Waals surface area (Å²) in [7, 11) is 0. The molecule has 0 atom stereocenters. The van der Waals surface area contributed by atoms with E-state index in [2.05, 4.69) is 15.7 Å². The van der Waals surface area contributed by atoms with Gasteiger partial charge in [0.25, 0.3) is 0 Å². The van der Waals surface area contributed by atoms with Gasteiger partial charge in [0, 0.05) is 25.3 Å². The number of hydrogen-bond donors (Lipinski definition) is 3. The third-order valence-electron chi connectivity index (χ3n) is 5.48. The van der Waals surface area contributed by atoms with Crippen LogP contribution in [0.25, 0.3) is 0 Å². The van der Waals surface area contributed by atoms with Crippen LogP contribution in [0, 0.1) is 17.8 Å². The Kier molecular flexibility index (Phi) is 4.69. The largest absolute Gasteiger partial charge is 0.382 e. The highest BCUT2D eigenvalue weighted by molar-refractivity contribution is 5.80. The van der Waals surface area contributed by atoms with E-state index in [1.807, 2.05) is 6.92 Å². The topological polar surface area (TPSA) is 71.7 Å². The summed E-state index contributed by atoms with van der Waals surface area (Å²) in [6.07, 6.45) is 9.23. The number of hydrogen-bond acceptors (Lipinski definition) is 3. The maximum absolute atomic E-state index is 5.67. The molecule has 0 aromatic heterocycles. The molecule has 21 heavy (non-hydrogen) atoms. The van der Waals surface area contributed by atoms with Gasteiger partial charge in [-0.05, 0) is 69.6 Å². The van der Waals surface area contributed by atoms with E-state index in [0.717, 1.165) is 49.9 Å². The van der Waals surface area contributed by atoms with Crippen molar-refractivity contribution in [3.8, 4) is 0 Å². The number of nitrogens with zero attached hydrogens (tertiary/aromatic N) is 1. The second-order valence-corrected chi connectivity index (χ2v) is 7.25. The molecule has 5 nitrogen and oxygen atoms in total. The summed E-state index contributed by atoms with van der Waals surface area (Å²) in [5.41, 5.74) is 3.03. The highest BCUT2D eigenvalue weighted by Crippen LogP contribution is 2.55. The summed E-state index contributed by atoms with van der Waals surface area (Å²) in [5, 5.41) is 3.68. The lowest BCUT2D eigenvalue weighted by Gasteiger charge is -2.57. The van der Waals surface area contributed by atoms with Crippen LogP contribution in [0.15, 0.2) is 4.99 Å². The SMILES string of the molecule is CCOCCCN=C(NN)NC12CC3CC(CC(C3)C1)C2. The molecular formula is C16H30N4O. The fourth-order valence-electron chi connectivity index (χ4n) is 5.14. The number of nitrogens with one attached hydrogen (secondary N) is 2. The van der Waals surface area contributed by atoms with E-state index in [1.54, 1.807) is 0 Å². The normalized spacial score (nSPS) is 37.8. The predicted octanol–water partition coefficient (Wildman–Crippen LogP) is 1.79. The molecule has 0 spiro atoms. The van der Waals surface area contributed by atoms with Crippen LogP contribution in [0.1, 0.15) is 51.9 Å². The van der Waals surface area contributed by atoms with E-state index < -0.39 is 0 Å². The Morgan fingerprint density at radius 1 is 1.19 bits per heavy atom. The van der Waals surface area contributed by atoms with Gasteiger partial charge in [-0.15, -0.1) is 0 Å². The van der Waals surface area contributed by atoms with Gasteiger partial charge in [0.15, 0.2) is 0 Å². The van der Waals surface area contributed by atoms with Crippen molar-refractivity contribution in [1.82, 2.24) is 10.7 Å². The minimum atomic E-state index is 0.264. The standard InChI is InChI=1S/C16H30N4O/c1-2-21-5-3-4-18-15(20-17)19-16-9-12-6-13(10-16)8-14(7-12)11-16/h12-14H,2-11,17H2,1H3,(H2,18,19,20). The van der Waals surface area contributed by atoms with Crippen LogP contribution in [0.5, 0.6) is 0 Å². The van der Waals surface area contributed by atoms with Crippen molar-refractivity contribution >= 4 is 5.96 Å². The molecule has 5 heteroatoms. The number of guanidine groups is 1. The molecule has 4 aliphatic carbocycles. The van der Waals surface area contributed by atoms with Gasteiger partial charge < -0.3 is 10.1 Å². The van der Waals surface area contributed by atoms with E-state index in [1.165, 1.54) is 38.5 Å². The molecule has 0 aromatic rings. The van der Waals surface area contributed by atoms with Gasteiger partial charge in [0.1, 0.15) is 0 Å². The Morgan fingerprint density at radius 2 is 1.81 bits per heavy atom. The lowest BCUT2D eigenvalue weighted by atomic mass is 9.53. The molecule has 0 radical (unpaired) electrons. The average molecular weight is 294 g/mol. The summed E-state index contributed by atoms with van der Waals surface area (Å²) < 4.78 is 5.34. The summed E-state index contributed by atoms with van der Waals surface area (Å²) in [6, 6.07) is 0. The molecule has 4 rings (SSSR count). The van der Waals surface area contributed by atoms with Crippen LogP contribution in [0.2, 0.25) is 0 Å². The fourth-order valence-corrected chi connectivity index (χ4v) is 5.14. The van der Waals surface area contributed by atoms with Crippen molar-refractivity contribution in [3.05, 3.63) is 0 Å². The molecule has 0 aliphatic heterocycles. The number of rotatable bonds is 6. The van der Waals surface area contributed by atoms with E-state index in [-0.39, 0.29) is 5.54 Å². The van der Waals surface area contributed by atoms with Gasteiger partial charge >= 0.3 is 0 Å². The monoisotopic (exact) mass is 294 g/mol. The molecule has 0 unspecified atom stereocenters. The zero-order chi connectivity index (χ0) is 14.7. The molecule has 0 aromatic carbocycles. The first-order chi connectivity index (χ1) is 10.2. The lowest BCUT2D eigenvalue weighted by Crippen LogP contribution is -2.62. The molecule has 0 saturated heterocycles. The first-order valence-electron chi connectivity index (χ1n) is 8.60. The minimum Gasteiger partial charge on any atom is -0.382 e. The van der Waals surface area contributed by atoms with Crippen molar-refractivity contribution in [2.45, 2.75) is 57.4 Å². The maximum atomic E-state index is 5.67. The third kappa shape index (κ3) is 3.51. The molecule has 4 aliphatic rings. The van der Waals surface area contributed by atoms with Crippen LogP contribution in [0.4, 0.5) is 0 Å². The van der Waals surface area contributed by atoms with Gasteiger partial charge in [0.2, 0.25) is 5.96 Å². The highest BCUT2D eigenvalue weighted by atomic mass is 16.5. The van der Waals surface area contributed by atoms with Crippen molar-refractivity contribution in [2.75, 3.05) is 19.8 Å². The molecule has 4 saturated carbocycles. The highest BCUT2D eigenvalue weighted by Gasteiger charge is 2.51. The maximum Gasteiger partial charge on any atom is 0.206 e. The second kappa shape index (κ2) is 6.53. The number of ether oxygens (including phenoxy) is 1. The Labute approximate surface area is 128 Å². The Bertz CT molecular complexity index is 347. The minimum absolute atomic E-state index is 0.264. The number of aliphatic imine (C=N–C) groups is 1. The molecular weight excluding hydrogens is 264 g/mol. The summed E-state index contributed by atoms with van der Waals surface area (Å²) in [4.78, 5) is 4.58. The predicted molar refractivity (Wildman–Crippen MR) is 84.8 cm³/mol. The molecule has 4 N–H and O–H groups in total. The van der Waals surface area contributed by atoms with E-state index in [4.69, 9.17) is 10.6 Å². The summed E-state index contributed by atoms with van der Waals surface area (Å²) in [6.45, 7) is 4.33. The molecule has 0 heterocycles. The molecule has 4 bridgehead atoms. The quantitative estimate of drug-likeness (QED) is 0.230. The lowest BCUT2D eigenvalue weighted by molar-refractivity contribution is -0.0105. The smallest absolute Gasteiger partial charge is 0.206 e. The Morgan fingerprint density at radius 3 is 2.33 bits per heavy atom. The molecule has 4 fully saturated rings. The number of hydrazine groups is 1. The summed E-state index contributed by atoms with van der Waals surface area (Å²) >= 11 is 0. The second-order valence-electron chi connectivity index (χ2n) is 7.25. The Balaban J connectivity index is 1.55. The van der Waals surface area contributed by atoms with Crippen molar-refractivity contribution < 1.29 is 4.74 Å². The number of nitrogens with two attached hydrogens (primary N) is 1. The van der Waals surface area contributed by atoms with E-state index in [0.29, 0.717) is 0 Å². The van der Waals surface area contributed by atoms with Crippen LogP contribution in [-0.2, 0) is 4.74 Å². The zero-order valence-corrected chi connectivity index (χ0v) is 13.2. The van der Waals surface area contributed by atoms with Gasteiger partial charge in [-0.3, -0.25) is 10.4 Å². The first kappa shape index (κ1) is 15.1. The van der Waals surface area contributed by atoms with Crippen LogP contribution >= 0.6 is 0 Å². The molecule has 120 valence electrons. The van der Waals surface area contributed by atoms with Gasteiger partial charge in [0.05, 0.1) is 0 Å². The summed E-state index contributed by atoms with van der Waals surface area (Å²) in [5.74, 6) is 9.23. The van der Waals surface area contributed by atoms with Crippen LogP contribution < -0.4 is 16.6 Å². The van der Waals surface area contributed by atoms with Crippen LogP contribution in [-0.4, -0.2) is 31.3 Å². The van der Waals surface area contributed by atoms with Crippen LogP contribution in [0.3, 0.4) is 0 Å².